The topological polar surface area (TPSA) is 52.6 Å². The molecule has 0 aliphatic carbocycles. The van der Waals surface area contributed by atoms with Crippen LogP contribution in [0.2, 0.25) is 0 Å². The van der Waals surface area contributed by atoms with Crippen molar-refractivity contribution >= 4 is 5.91 Å². The fraction of sp³-hybridized carbons (Fsp3) is 0.611. The van der Waals surface area contributed by atoms with Gasteiger partial charge in [0.15, 0.2) is 0 Å². The van der Waals surface area contributed by atoms with Crippen molar-refractivity contribution in [1.29, 1.82) is 0 Å². The Hall–Kier alpha value is -1.55. The Balaban J connectivity index is 2.06. The van der Waals surface area contributed by atoms with Crippen molar-refractivity contribution in [2.75, 3.05) is 6.54 Å². The van der Waals surface area contributed by atoms with Gasteiger partial charge in [0.2, 0.25) is 5.91 Å². The van der Waals surface area contributed by atoms with Crippen LogP contribution >= 0.6 is 0 Å². The Bertz CT molecular complexity index is 490. The van der Waals surface area contributed by atoms with Gasteiger partial charge in [-0.2, -0.15) is 0 Å². The van der Waals surface area contributed by atoms with E-state index in [4.69, 9.17) is 0 Å². The van der Waals surface area contributed by atoms with Gasteiger partial charge in [-0.05, 0) is 38.2 Å². The first-order valence-corrected chi connectivity index (χ1v) is 8.47. The van der Waals surface area contributed by atoms with E-state index in [2.05, 4.69) is 19.2 Å². The lowest BCUT2D eigenvalue weighted by molar-refractivity contribution is -0.135. The molecule has 0 spiro atoms. The third kappa shape index (κ3) is 4.23. The van der Waals surface area contributed by atoms with Gasteiger partial charge in [-0.3, -0.25) is 4.79 Å². The number of rotatable bonds is 6. The van der Waals surface area contributed by atoms with Crippen molar-refractivity contribution in [3.05, 3.63) is 29.8 Å². The molecule has 1 aromatic rings. The molecule has 0 aromatic heterocycles. The smallest absolute Gasteiger partial charge is 0.240 e. The number of benzene rings is 1. The molecule has 0 saturated carbocycles. The summed E-state index contributed by atoms with van der Waals surface area (Å²) < 4.78 is 0. The Kier molecular flexibility index (Phi) is 6.25. The Morgan fingerprint density at radius 3 is 2.77 bits per heavy atom. The molecule has 4 heteroatoms. The number of para-hydroxylation sites is 1. The molecule has 4 nitrogen and oxygen atoms in total. The average Bonchev–Trinajstić information content (AvgIpc) is 2.55. The van der Waals surface area contributed by atoms with E-state index in [1.54, 1.807) is 12.1 Å². The van der Waals surface area contributed by atoms with Gasteiger partial charge in [0.25, 0.3) is 0 Å². The van der Waals surface area contributed by atoms with Crippen LogP contribution in [-0.4, -0.2) is 34.5 Å². The van der Waals surface area contributed by atoms with Gasteiger partial charge in [-0.1, -0.05) is 32.0 Å². The highest BCUT2D eigenvalue weighted by Gasteiger charge is 2.29. The summed E-state index contributed by atoms with van der Waals surface area (Å²) in [5, 5.41) is 13.4. The third-order valence-corrected chi connectivity index (χ3v) is 4.43. The maximum atomic E-state index is 12.8. The normalized spacial score (nSPS) is 21.5. The maximum absolute atomic E-state index is 12.8. The molecule has 1 saturated heterocycles. The fourth-order valence-electron chi connectivity index (χ4n) is 3.14. The number of piperidine rings is 1. The molecular formula is C18H28N2O2. The van der Waals surface area contributed by atoms with E-state index < -0.39 is 0 Å². The second-order valence-corrected chi connectivity index (χ2v) is 6.14. The van der Waals surface area contributed by atoms with Gasteiger partial charge in [-0.15, -0.1) is 0 Å². The average molecular weight is 304 g/mol. The van der Waals surface area contributed by atoms with Crippen molar-refractivity contribution in [3.63, 3.8) is 0 Å². The molecule has 2 rings (SSSR count). The zero-order valence-electron chi connectivity index (χ0n) is 13.7. The van der Waals surface area contributed by atoms with Crippen LogP contribution < -0.4 is 5.32 Å². The van der Waals surface area contributed by atoms with Gasteiger partial charge in [-0.25, -0.2) is 0 Å². The minimum absolute atomic E-state index is 0.0731. The molecular weight excluding hydrogens is 276 g/mol. The molecule has 1 aliphatic heterocycles. The summed E-state index contributed by atoms with van der Waals surface area (Å²) in [5.41, 5.74) is 0.812. The lowest BCUT2D eigenvalue weighted by Crippen LogP contribution is -2.52. The Morgan fingerprint density at radius 2 is 2.09 bits per heavy atom. The van der Waals surface area contributed by atoms with Gasteiger partial charge in [0, 0.05) is 24.7 Å². The van der Waals surface area contributed by atoms with Crippen LogP contribution in [0.3, 0.4) is 0 Å². The summed E-state index contributed by atoms with van der Waals surface area (Å²) in [4.78, 5) is 14.7. The van der Waals surface area contributed by atoms with Crippen LogP contribution in [0.4, 0.5) is 0 Å². The molecule has 1 amide bonds. The van der Waals surface area contributed by atoms with E-state index in [1.807, 2.05) is 17.0 Å². The van der Waals surface area contributed by atoms with Crippen LogP contribution in [0.5, 0.6) is 5.75 Å². The van der Waals surface area contributed by atoms with Gasteiger partial charge >= 0.3 is 0 Å². The van der Waals surface area contributed by atoms with Crippen LogP contribution in [0.1, 0.15) is 51.5 Å². The second-order valence-electron chi connectivity index (χ2n) is 6.14. The first kappa shape index (κ1) is 16.8. The second kappa shape index (κ2) is 8.18. The van der Waals surface area contributed by atoms with Crippen LogP contribution in [0.25, 0.3) is 0 Å². The van der Waals surface area contributed by atoms with E-state index in [0.717, 1.165) is 44.2 Å². The fourth-order valence-corrected chi connectivity index (χ4v) is 3.14. The quantitative estimate of drug-likeness (QED) is 0.849. The van der Waals surface area contributed by atoms with Crippen molar-refractivity contribution < 1.29 is 9.90 Å². The number of amides is 1. The largest absolute Gasteiger partial charge is 0.508 e. The number of phenols is 1. The molecule has 122 valence electrons. The highest BCUT2D eigenvalue weighted by atomic mass is 16.3. The van der Waals surface area contributed by atoms with Crippen LogP contribution in [-0.2, 0) is 11.3 Å². The molecule has 2 N–H and O–H groups in total. The molecule has 1 heterocycles. The van der Waals surface area contributed by atoms with E-state index in [0.29, 0.717) is 12.6 Å². The summed E-state index contributed by atoms with van der Waals surface area (Å²) >= 11 is 0. The van der Waals surface area contributed by atoms with Crippen molar-refractivity contribution in [3.8, 4) is 5.75 Å². The predicted octanol–water partition coefficient (Wildman–Crippen LogP) is 3.05. The molecule has 1 fully saturated rings. The minimum atomic E-state index is -0.0731. The predicted molar refractivity (Wildman–Crippen MR) is 88.7 cm³/mol. The standard InChI is InChI=1S/C18H28N2O2/c1-3-12-20(13-14-8-5-6-11-17(14)21)18(22)16-10-7-9-15(4-2)19-16/h5-6,8,11,15-16,19,21H,3-4,7,9-10,12-13H2,1-2H3. The summed E-state index contributed by atoms with van der Waals surface area (Å²) in [6, 6.07) is 7.65. The van der Waals surface area contributed by atoms with Gasteiger partial charge < -0.3 is 15.3 Å². The van der Waals surface area contributed by atoms with E-state index in [-0.39, 0.29) is 17.7 Å². The van der Waals surface area contributed by atoms with Gasteiger partial charge in [0.1, 0.15) is 5.75 Å². The van der Waals surface area contributed by atoms with Crippen LogP contribution in [0.15, 0.2) is 24.3 Å². The Morgan fingerprint density at radius 1 is 1.32 bits per heavy atom. The third-order valence-electron chi connectivity index (χ3n) is 4.43. The number of carbonyl (C=O) groups excluding carboxylic acids is 1. The number of aromatic hydroxyl groups is 1. The number of hydrogen-bond donors (Lipinski definition) is 2. The molecule has 22 heavy (non-hydrogen) atoms. The summed E-state index contributed by atoms with van der Waals surface area (Å²) in [7, 11) is 0. The highest BCUT2D eigenvalue weighted by Crippen LogP contribution is 2.21. The number of nitrogens with zero attached hydrogens (tertiary/aromatic N) is 1. The number of hydrogen-bond acceptors (Lipinski definition) is 3. The van der Waals surface area contributed by atoms with Crippen LogP contribution in [0, 0.1) is 0 Å². The summed E-state index contributed by atoms with van der Waals surface area (Å²) in [5.74, 6) is 0.433. The van der Waals surface area contributed by atoms with Crippen molar-refractivity contribution in [1.82, 2.24) is 10.2 Å². The maximum Gasteiger partial charge on any atom is 0.240 e. The minimum Gasteiger partial charge on any atom is -0.508 e. The lowest BCUT2D eigenvalue weighted by atomic mass is 9.96. The molecule has 1 aromatic carbocycles. The van der Waals surface area contributed by atoms with E-state index >= 15 is 0 Å². The number of nitrogens with one attached hydrogen (secondary N) is 1. The SMILES string of the molecule is CCCN(Cc1ccccc1O)C(=O)C1CCCC(CC)N1. The van der Waals surface area contributed by atoms with E-state index in [9.17, 15) is 9.90 Å². The molecule has 0 radical (unpaired) electrons. The number of phenolic OH excluding ortho intramolecular Hbond substituents is 1. The lowest BCUT2D eigenvalue weighted by Gasteiger charge is -2.33. The Labute approximate surface area is 133 Å². The first-order chi connectivity index (χ1) is 10.7. The van der Waals surface area contributed by atoms with Crippen molar-refractivity contribution in [2.45, 2.75) is 64.6 Å². The van der Waals surface area contributed by atoms with Gasteiger partial charge in [0.05, 0.1) is 6.04 Å². The summed E-state index contributed by atoms with van der Waals surface area (Å²) in [6.07, 6.45) is 5.17. The van der Waals surface area contributed by atoms with Crippen molar-refractivity contribution in [2.24, 2.45) is 0 Å². The first-order valence-electron chi connectivity index (χ1n) is 8.47. The molecule has 1 aliphatic rings. The molecule has 0 bridgehead atoms. The molecule has 2 unspecified atom stereocenters. The highest BCUT2D eigenvalue weighted by molar-refractivity contribution is 5.82. The summed E-state index contributed by atoms with van der Waals surface area (Å²) in [6.45, 7) is 5.45. The zero-order chi connectivity index (χ0) is 15.9. The molecule has 2 atom stereocenters. The monoisotopic (exact) mass is 304 g/mol. The number of carbonyl (C=O) groups is 1. The van der Waals surface area contributed by atoms with E-state index in [1.165, 1.54) is 0 Å². The zero-order valence-corrected chi connectivity index (χ0v) is 13.7.